The topological polar surface area (TPSA) is 120 Å². The van der Waals surface area contributed by atoms with Crippen molar-refractivity contribution in [2.45, 2.75) is 23.8 Å². The summed E-state index contributed by atoms with van der Waals surface area (Å²) in [5, 5.41) is 14.5. The summed E-state index contributed by atoms with van der Waals surface area (Å²) in [6, 6.07) is 11.5. The number of aliphatic hydroxyl groups is 1. The van der Waals surface area contributed by atoms with E-state index in [0.717, 1.165) is 5.56 Å². The van der Waals surface area contributed by atoms with Gasteiger partial charge in [0.25, 0.3) is 0 Å². The monoisotopic (exact) mass is 378 g/mol. The van der Waals surface area contributed by atoms with Crippen LogP contribution in [-0.2, 0) is 10.0 Å². The van der Waals surface area contributed by atoms with Crippen molar-refractivity contribution in [1.29, 1.82) is 0 Å². The van der Waals surface area contributed by atoms with E-state index >= 15 is 0 Å². The van der Waals surface area contributed by atoms with E-state index in [9.17, 15) is 13.2 Å². The number of pyridine rings is 1. The molecule has 140 valence electrons. The zero-order valence-electron chi connectivity index (χ0n) is 14.3. The Morgan fingerprint density at radius 1 is 1.19 bits per heavy atom. The van der Waals surface area contributed by atoms with Crippen LogP contribution in [0.25, 0.3) is 0 Å². The molecule has 1 aromatic heterocycles. The summed E-state index contributed by atoms with van der Waals surface area (Å²) >= 11 is 0. The third-order valence-electron chi connectivity index (χ3n) is 3.72. The van der Waals surface area contributed by atoms with Gasteiger partial charge in [0.1, 0.15) is 10.7 Å². The molecule has 1 heterocycles. The van der Waals surface area contributed by atoms with Crippen LogP contribution < -0.4 is 15.4 Å². The molecule has 2 amide bonds. The fourth-order valence-corrected chi connectivity index (χ4v) is 3.02. The van der Waals surface area contributed by atoms with Gasteiger partial charge in [-0.15, -0.1) is 0 Å². The van der Waals surface area contributed by atoms with Crippen LogP contribution in [0.15, 0.2) is 53.6 Å². The molecule has 0 fully saturated rings. The van der Waals surface area contributed by atoms with Crippen molar-refractivity contribution in [3.8, 4) is 0 Å². The Bertz CT molecular complexity index is 810. The average molecular weight is 378 g/mol. The summed E-state index contributed by atoms with van der Waals surface area (Å²) in [6.45, 7) is 0.0373. The number of hydrogen-bond donors (Lipinski definition) is 4. The Kier molecular flexibility index (Phi) is 7.07. The quantitative estimate of drug-likeness (QED) is 0.556. The largest absolute Gasteiger partial charge is 0.396 e. The van der Waals surface area contributed by atoms with Crippen LogP contribution in [0.2, 0.25) is 0 Å². The van der Waals surface area contributed by atoms with Crippen molar-refractivity contribution in [1.82, 2.24) is 15.0 Å². The summed E-state index contributed by atoms with van der Waals surface area (Å²) in [6.07, 6.45) is 2.30. The molecule has 0 saturated carbocycles. The van der Waals surface area contributed by atoms with Gasteiger partial charge in [0.05, 0.1) is 6.04 Å². The highest BCUT2D eigenvalue weighted by molar-refractivity contribution is 7.89. The van der Waals surface area contributed by atoms with E-state index in [4.69, 9.17) is 5.11 Å². The lowest BCUT2D eigenvalue weighted by Gasteiger charge is -2.19. The van der Waals surface area contributed by atoms with Crippen molar-refractivity contribution >= 4 is 21.9 Å². The van der Waals surface area contributed by atoms with Crippen molar-refractivity contribution in [3.63, 3.8) is 0 Å². The second kappa shape index (κ2) is 9.27. The Morgan fingerprint density at radius 3 is 2.50 bits per heavy atom. The molecule has 1 unspecified atom stereocenters. The molecule has 0 bridgehead atoms. The summed E-state index contributed by atoms with van der Waals surface area (Å²) in [7, 11) is -2.26. The smallest absolute Gasteiger partial charge is 0.320 e. The molecule has 0 spiro atoms. The third-order valence-corrected chi connectivity index (χ3v) is 5.11. The maximum Gasteiger partial charge on any atom is 0.320 e. The van der Waals surface area contributed by atoms with Crippen molar-refractivity contribution < 1.29 is 18.3 Å². The lowest BCUT2D eigenvalue weighted by molar-refractivity contribution is 0.243. The summed E-state index contributed by atoms with van der Waals surface area (Å²) < 4.78 is 25.5. The number of aliphatic hydroxyl groups excluding tert-OH is 1. The van der Waals surface area contributed by atoms with Gasteiger partial charge in [-0.3, -0.25) is 5.32 Å². The molecule has 9 heteroatoms. The number of anilines is 1. The lowest BCUT2D eigenvalue weighted by Crippen LogP contribution is -2.33. The zero-order valence-corrected chi connectivity index (χ0v) is 15.2. The minimum atomic E-state index is -3.57. The standard InChI is InChI=1S/C17H22N4O4S/c1-18-26(24,25)14-9-10-16(19-12-14)21-17(23)20-15(8-5-11-22)13-6-3-2-4-7-13/h2-4,6-7,9-10,12,15,18,22H,5,8,11H2,1H3,(H2,19,20,21,23). The van der Waals surface area contributed by atoms with E-state index in [0.29, 0.717) is 12.8 Å². The van der Waals surface area contributed by atoms with Crippen LogP contribution in [-0.4, -0.2) is 38.2 Å². The van der Waals surface area contributed by atoms with Crippen LogP contribution in [0, 0.1) is 0 Å². The molecule has 0 radical (unpaired) electrons. The van der Waals surface area contributed by atoms with Gasteiger partial charge < -0.3 is 10.4 Å². The van der Waals surface area contributed by atoms with Gasteiger partial charge in [-0.25, -0.2) is 22.9 Å². The van der Waals surface area contributed by atoms with E-state index < -0.39 is 16.1 Å². The number of carbonyl (C=O) groups excluding carboxylic acids is 1. The van der Waals surface area contributed by atoms with E-state index in [1.165, 1.54) is 25.4 Å². The normalized spacial score (nSPS) is 12.4. The van der Waals surface area contributed by atoms with Crippen LogP contribution in [0.1, 0.15) is 24.4 Å². The summed E-state index contributed by atoms with van der Waals surface area (Å²) in [5.41, 5.74) is 0.930. The number of carbonyl (C=O) groups is 1. The average Bonchev–Trinajstić information content (AvgIpc) is 2.66. The number of benzene rings is 1. The number of nitrogens with zero attached hydrogens (tertiary/aromatic N) is 1. The number of amides is 2. The number of urea groups is 1. The molecule has 0 aliphatic heterocycles. The second-order valence-electron chi connectivity index (χ2n) is 5.51. The highest BCUT2D eigenvalue weighted by Gasteiger charge is 2.15. The second-order valence-corrected chi connectivity index (χ2v) is 7.40. The number of rotatable bonds is 8. The van der Waals surface area contributed by atoms with Gasteiger partial charge in [-0.05, 0) is 37.6 Å². The Morgan fingerprint density at radius 2 is 1.92 bits per heavy atom. The molecule has 2 rings (SSSR count). The van der Waals surface area contributed by atoms with Gasteiger partial charge in [0, 0.05) is 12.8 Å². The maximum absolute atomic E-state index is 12.2. The zero-order chi connectivity index (χ0) is 19.0. The van der Waals surface area contributed by atoms with Gasteiger partial charge in [0.15, 0.2) is 0 Å². The summed E-state index contributed by atoms with van der Waals surface area (Å²) in [5.74, 6) is 0.228. The lowest BCUT2D eigenvalue weighted by atomic mass is 10.0. The molecular formula is C17H22N4O4S. The van der Waals surface area contributed by atoms with Crippen LogP contribution in [0.4, 0.5) is 10.6 Å². The molecule has 26 heavy (non-hydrogen) atoms. The fraction of sp³-hybridized carbons (Fsp3) is 0.294. The number of sulfonamides is 1. The van der Waals surface area contributed by atoms with Crippen LogP contribution in [0.3, 0.4) is 0 Å². The molecule has 4 N–H and O–H groups in total. The van der Waals surface area contributed by atoms with Crippen molar-refractivity contribution in [2.75, 3.05) is 19.0 Å². The number of nitrogens with one attached hydrogen (secondary N) is 3. The fourth-order valence-electron chi connectivity index (χ4n) is 2.34. The minimum Gasteiger partial charge on any atom is -0.396 e. The molecule has 0 aliphatic rings. The van der Waals surface area contributed by atoms with E-state index in [2.05, 4.69) is 20.3 Å². The molecule has 0 aliphatic carbocycles. The van der Waals surface area contributed by atoms with E-state index in [-0.39, 0.29) is 23.4 Å². The number of aromatic nitrogens is 1. The molecule has 8 nitrogen and oxygen atoms in total. The van der Waals surface area contributed by atoms with Gasteiger partial charge in [0.2, 0.25) is 10.0 Å². The maximum atomic E-state index is 12.2. The first-order valence-corrected chi connectivity index (χ1v) is 9.57. The minimum absolute atomic E-state index is 0.0102. The Labute approximate surface area is 152 Å². The molecule has 0 saturated heterocycles. The first-order chi connectivity index (χ1) is 12.5. The van der Waals surface area contributed by atoms with Gasteiger partial charge >= 0.3 is 6.03 Å². The first kappa shape index (κ1) is 19.8. The Balaban J connectivity index is 2.03. The highest BCUT2D eigenvalue weighted by atomic mass is 32.2. The third kappa shape index (κ3) is 5.51. The highest BCUT2D eigenvalue weighted by Crippen LogP contribution is 2.18. The predicted octanol–water partition coefficient (Wildman–Crippen LogP) is 1.62. The molecule has 2 aromatic rings. The van der Waals surface area contributed by atoms with E-state index in [1.54, 1.807) is 0 Å². The SMILES string of the molecule is CNS(=O)(=O)c1ccc(NC(=O)NC(CCCO)c2ccccc2)nc1. The van der Waals surface area contributed by atoms with Gasteiger partial charge in [-0.1, -0.05) is 30.3 Å². The van der Waals surface area contributed by atoms with Crippen molar-refractivity contribution in [3.05, 3.63) is 54.2 Å². The Hall–Kier alpha value is -2.49. The van der Waals surface area contributed by atoms with Crippen molar-refractivity contribution in [2.24, 2.45) is 0 Å². The van der Waals surface area contributed by atoms with Gasteiger partial charge in [-0.2, -0.15) is 0 Å². The first-order valence-electron chi connectivity index (χ1n) is 8.09. The molecule has 1 atom stereocenters. The molecular weight excluding hydrogens is 356 g/mol. The predicted molar refractivity (Wildman–Crippen MR) is 98.1 cm³/mol. The van der Waals surface area contributed by atoms with Crippen LogP contribution in [0.5, 0.6) is 0 Å². The van der Waals surface area contributed by atoms with Crippen LogP contribution >= 0.6 is 0 Å². The summed E-state index contributed by atoms with van der Waals surface area (Å²) in [4.78, 5) is 16.2. The number of hydrogen-bond acceptors (Lipinski definition) is 5. The molecule has 1 aromatic carbocycles. The van der Waals surface area contributed by atoms with E-state index in [1.807, 2.05) is 30.3 Å².